The maximum Gasteiger partial charge on any atom is 0.270 e. The van der Waals surface area contributed by atoms with Crippen LogP contribution in [0.15, 0.2) is 34.2 Å². The molecule has 0 fully saturated rings. The monoisotopic (exact) mass is 345 g/mol. The molecule has 24 heavy (non-hydrogen) atoms. The van der Waals surface area contributed by atoms with Gasteiger partial charge in [0.25, 0.3) is 11.8 Å². The summed E-state index contributed by atoms with van der Waals surface area (Å²) in [6.45, 7) is 1.74. The number of aryl methyl sites for hydroxylation is 1. The van der Waals surface area contributed by atoms with Gasteiger partial charge in [-0.3, -0.25) is 4.79 Å². The molecule has 2 heterocycles. The number of carbonyl (C=O) groups is 1. The van der Waals surface area contributed by atoms with Crippen LogP contribution in [0.2, 0.25) is 0 Å². The summed E-state index contributed by atoms with van der Waals surface area (Å²) in [5.41, 5.74) is 1.06. The molecule has 0 aliphatic rings. The van der Waals surface area contributed by atoms with Crippen LogP contribution in [-0.2, 0) is 0 Å². The molecule has 3 aromatic rings. The first-order valence-corrected chi connectivity index (χ1v) is 7.92. The molecule has 0 radical (unpaired) electrons. The van der Waals surface area contributed by atoms with E-state index in [1.165, 1.54) is 18.4 Å². The third-order valence-electron chi connectivity index (χ3n) is 3.28. The Morgan fingerprint density at radius 3 is 2.67 bits per heavy atom. The topological polar surface area (TPSA) is 86.5 Å². The molecule has 2 aromatic heterocycles. The third kappa shape index (κ3) is 3.09. The summed E-state index contributed by atoms with van der Waals surface area (Å²) >= 11 is 1.41. The van der Waals surface area contributed by atoms with Crippen LogP contribution in [0.5, 0.6) is 11.5 Å². The highest BCUT2D eigenvalue weighted by Gasteiger charge is 2.17. The van der Waals surface area contributed by atoms with Crippen molar-refractivity contribution in [3.63, 3.8) is 0 Å². The van der Waals surface area contributed by atoms with E-state index in [0.29, 0.717) is 39.3 Å². The highest BCUT2D eigenvalue weighted by atomic mass is 32.1. The smallest absolute Gasteiger partial charge is 0.270 e. The molecule has 0 atom stereocenters. The molecule has 124 valence electrons. The van der Waals surface area contributed by atoms with E-state index < -0.39 is 0 Å². The van der Waals surface area contributed by atoms with Crippen molar-refractivity contribution in [2.75, 3.05) is 19.5 Å². The van der Waals surface area contributed by atoms with Gasteiger partial charge in [0.05, 0.1) is 19.9 Å². The minimum absolute atomic E-state index is 0.271. The van der Waals surface area contributed by atoms with Gasteiger partial charge in [0.2, 0.25) is 0 Å². The Kier molecular flexibility index (Phi) is 4.48. The lowest BCUT2D eigenvalue weighted by Gasteiger charge is -2.10. The van der Waals surface area contributed by atoms with Crippen molar-refractivity contribution in [1.29, 1.82) is 0 Å². The minimum atomic E-state index is -0.271. The molecule has 0 aliphatic heterocycles. The molecule has 0 spiro atoms. The zero-order chi connectivity index (χ0) is 17.1. The summed E-state index contributed by atoms with van der Waals surface area (Å²) in [5.74, 6) is 1.70. The summed E-state index contributed by atoms with van der Waals surface area (Å²) in [7, 11) is 3.07. The van der Waals surface area contributed by atoms with E-state index >= 15 is 0 Å². The molecule has 8 heteroatoms. The number of aromatic nitrogens is 2. The van der Waals surface area contributed by atoms with Crippen LogP contribution >= 0.6 is 11.3 Å². The number of carbonyl (C=O) groups excluding carboxylic acids is 1. The number of nitrogens with zero attached hydrogens (tertiary/aromatic N) is 2. The molecule has 1 N–H and O–H groups in total. The van der Waals surface area contributed by atoms with E-state index in [2.05, 4.69) is 15.5 Å². The predicted molar refractivity (Wildman–Crippen MR) is 89.8 cm³/mol. The first kappa shape index (κ1) is 16.0. The van der Waals surface area contributed by atoms with Gasteiger partial charge in [0.1, 0.15) is 4.88 Å². The highest BCUT2D eigenvalue weighted by Crippen LogP contribution is 2.33. The second-order valence-electron chi connectivity index (χ2n) is 4.83. The fraction of sp³-hybridized carbons (Fsp3) is 0.188. The zero-order valence-electron chi connectivity index (χ0n) is 13.3. The Balaban J connectivity index is 1.85. The van der Waals surface area contributed by atoms with E-state index in [-0.39, 0.29) is 5.91 Å². The highest BCUT2D eigenvalue weighted by molar-refractivity contribution is 7.14. The number of hydrogen-bond acceptors (Lipinski definition) is 7. The SMILES string of the molecule is COc1ccc(C(=O)Nc2ccsc2-c2nc(C)no2)cc1OC. The van der Waals surface area contributed by atoms with Gasteiger partial charge >= 0.3 is 0 Å². The van der Waals surface area contributed by atoms with Crippen LogP contribution in [0, 0.1) is 6.92 Å². The van der Waals surface area contributed by atoms with Gasteiger partial charge in [0.15, 0.2) is 17.3 Å². The fourth-order valence-electron chi connectivity index (χ4n) is 2.13. The van der Waals surface area contributed by atoms with E-state index in [9.17, 15) is 4.79 Å². The Labute approximate surface area is 142 Å². The second-order valence-corrected chi connectivity index (χ2v) is 5.75. The Morgan fingerprint density at radius 2 is 2.00 bits per heavy atom. The van der Waals surface area contributed by atoms with Crippen molar-refractivity contribution in [1.82, 2.24) is 10.1 Å². The molecular weight excluding hydrogens is 330 g/mol. The Hall–Kier alpha value is -2.87. The van der Waals surface area contributed by atoms with Gasteiger partial charge in [-0.15, -0.1) is 11.3 Å². The number of thiophene rings is 1. The van der Waals surface area contributed by atoms with Crippen LogP contribution in [-0.4, -0.2) is 30.3 Å². The summed E-state index contributed by atoms with van der Waals surface area (Å²) < 4.78 is 15.6. The number of benzene rings is 1. The summed E-state index contributed by atoms with van der Waals surface area (Å²) in [5, 5.41) is 8.47. The summed E-state index contributed by atoms with van der Waals surface area (Å²) in [4.78, 5) is 17.4. The van der Waals surface area contributed by atoms with Gasteiger partial charge in [0, 0.05) is 5.56 Å². The number of anilines is 1. The van der Waals surface area contributed by atoms with Gasteiger partial charge in [-0.05, 0) is 36.6 Å². The number of methoxy groups -OCH3 is 2. The van der Waals surface area contributed by atoms with Crippen LogP contribution in [0.25, 0.3) is 10.8 Å². The van der Waals surface area contributed by atoms with Crippen molar-refractivity contribution in [3.05, 3.63) is 41.0 Å². The average molecular weight is 345 g/mol. The molecule has 0 bridgehead atoms. The average Bonchev–Trinajstić information content (AvgIpc) is 3.22. The molecule has 0 aliphatic carbocycles. The molecular formula is C16H15N3O4S. The van der Waals surface area contributed by atoms with Crippen molar-refractivity contribution in [2.24, 2.45) is 0 Å². The minimum Gasteiger partial charge on any atom is -0.493 e. The second kappa shape index (κ2) is 6.71. The lowest BCUT2D eigenvalue weighted by Crippen LogP contribution is -2.12. The molecule has 7 nitrogen and oxygen atoms in total. The fourth-order valence-corrected chi connectivity index (χ4v) is 2.90. The van der Waals surface area contributed by atoms with Gasteiger partial charge in [-0.1, -0.05) is 5.16 Å². The van der Waals surface area contributed by atoms with Gasteiger partial charge in [-0.25, -0.2) is 0 Å². The predicted octanol–water partition coefficient (Wildman–Crippen LogP) is 3.38. The van der Waals surface area contributed by atoms with Crippen LogP contribution in [0.4, 0.5) is 5.69 Å². The van der Waals surface area contributed by atoms with Crippen molar-refractivity contribution < 1.29 is 18.8 Å². The maximum absolute atomic E-state index is 12.5. The van der Waals surface area contributed by atoms with E-state index in [4.69, 9.17) is 14.0 Å². The zero-order valence-corrected chi connectivity index (χ0v) is 14.1. The Morgan fingerprint density at radius 1 is 1.21 bits per heavy atom. The number of rotatable bonds is 5. The van der Waals surface area contributed by atoms with Crippen LogP contribution in [0.3, 0.4) is 0 Å². The normalized spacial score (nSPS) is 10.5. The molecule has 0 saturated carbocycles. The molecule has 3 rings (SSSR count). The first-order valence-electron chi connectivity index (χ1n) is 7.04. The standard InChI is InChI=1S/C16H15N3O4S/c1-9-17-16(23-19-9)14-11(6-7-24-14)18-15(20)10-4-5-12(21-2)13(8-10)22-3/h4-8H,1-3H3,(H,18,20). The maximum atomic E-state index is 12.5. The molecule has 0 saturated heterocycles. The lowest BCUT2D eigenvalue weighted by atomic mass is 10.2. The third-order valence-corrected chi connectivity index (χ3v) is 4.18. The molecule has 0 unspecified atom stereocenters. The largest absolute Gasteiger partial charge is 0.493 e. The first-order chi connectivity index (χ1) is 11.6. The summed E-state index contributed by atoms with van der Waals surface area (Å²) in [6, 6.07) is 6.76. The van der Waals surface area contributed by atoms with Crippen molar-refractivity contribution in [2.45, 2.75) is 6.92 Å². The van der Waals surface area contributed by atoms with E-state index in [0.717, 1.165) is 0 Å². The Bertz CT molecular complexity index is 872. The van der Waals surface area contributed by atoms with E-state index in [1.54, 1.807) is 38.3 Å². The van der Waals surface area contributed by atoms with Crippen LogP contribution in [0.1, 0.15) is 16.2 Å². The van der Waals surface area contributed by atoms with Crippen molar-refractivity contribution >= 4 is 22.9 Å². The van der Waals surface area contributed by atoms with Crippen molar-refractivity contribution in [3.8, 4) is 22.3 Å². The van der Waals surface area contributed by atoms with Gasteiger partial charge < -0.3 is 19.3 Å². The quantitative estimate of drug-likeness (QED) is 0.763. The number of ether oxygens (including phenoxy) is 2. The number of nitrogens with one attached hydrogen (secondary N) is 1. The summed E-state index contributed by atoms with van der Waals surface area (Å²) in [6.07, 6.45) is 0. The number of amides is 1. The lowest BCUT2D eigenvalue weighted by molar-refractivity contribution is 0.102. The molecule has 1 aromatic carbocycles. The van der Waals surface area contributed by atoms with Crippen LogP contribution < -0.4 is 14.8 Å². The molecule has 1 amide bonds. The van der Waals surface area contributed by atoms with Gasteiger partial charge in [-0.2, -0.15) is 4.98 Å². The number of hydrogen-bond donors (Lipinski definition) is 1. The van der Waals surface area contributed by atoms with E-state index in [1.807, 2.05) is 5.38 Å².